The third-order valence-electron chi connectivity index (χ3n) is 3.56. The van der Waals surface area contributed by atoms with Gasteiger partial charge in [-0.1, -0.05) is 0 Å². The van der Waals surface area contributed by atoms with Crippen molar-refractivity contribution in [2.45, 2.75) is 70.7 Å². The number of imidazole rings is 1. The molecule has 3 N–H and O–H groups in total. The molecule has 0 aromatic carbocycles. The molecule has 0 radical (unpaired) electrons. The van der Waals surface area contributed by atoms with Gasteiger partial charge in [-0.15, -0.1) is 0 Å². The summed E-state index contributed by atoms with van der Waals surface area (Å²) in [5.74, 6) is 0.962. The summed E-state index contributed by atoms with van der Waals surface area (Å²) in [6.07, 6.45) is 7.36. The molecule has 0 bridgehead atoms. The van der Waals surface area contributed by atoms with Crippen LogP contribution in [0, 0.1) is 0 Å². The maximum absolute atomic E-state index is 11.7. The molecule has 6 heteroatoms. The van der Waals surface area contributed by atoms with Crippen LogP contribution < -0.4 is 10.6 Å². The van der Waals surface area contributed by atoms with Crippen molar-refractivity contribution < 1.29 is 9.53 Å². The first-order chi connectivity index (χ1) is 9.92. The van der Waals surface area contributed by atoms with Gasteiger partial charge in [0.2, 0.25) is 0 Å². The Kier molecular flexibility index (Phi) is 5.22. The van der Waals surface area contributed by atoms with Gasteiger partial charge in [-0.2, -0.15) is 0 Å². The van der Waals surface area contributed by atoms with E-state index in [0.717, 1.165) is 38.1 Å². The van der Waals surface area contributed by atoms with Gasteiger partial charge < -0.3 is 20.4 Å². The van der Waals surface area contributed by atoms with Gasteiger partial charge >= 0.3 is 6.09 Å². The molecule has 1 aromatic heterocycles. The molecular formula is C15H26N4O2. The number of nitrogens with zero attached hydrogens (tertiary/aromatic N) is 1. The zero-order chi connectivity index (χ0) is 15.3. The Hall–Kier alpha value is -1.56. The molecule has 2 rings (SSSR count). The van der Waals surface area contributed by atoms with Crippen molar-refractivity contribution in [2.75, 3.05) is 0 Å². The lowest BCUT2D eigenvalue weighted by Crippen LogP contribution is -2.43. The standard InChI is InChI=1S/C15H26N4O2/c1-15(2,3)21-14(20)19-12-6-4-11(5-7-12)18-10-13-16-8-9-17-13/h8-9,11-12,18H,4-7,10H2,1-3H3,(H,16,17)(H,19,20). The second kappa shape index (κ2) is 6.93. The molecular weight excluding hydrogens is 268 g/mol. The number of aromatic amines is 1. The summed E-state index contributed by atoms with van der Waals surface area (Å²) in [5, 5.41) is 6.46. The van der Waals surface area contributed by atoms with Crippen molar-refractivity contribution in [3.05, 3.63) is 18.2 Å². The second-order valence-electron chi connectivity index (χ2n) is 6.61. The van der Waals surface area contributed by atoms with E-state index in [1.165, 1.54) is 0 Å². The van der Waals surface area contributed by atoms with Crippen LogP contribution in [0.2, 0.25) is 0 Å². The lowest BCUT2D eigenvalue weighted by molar-refractivity contribution is 0.0489. The molecule has 1 aromatic rings. The minimum atomic E-state index is -0.439. The van der Waals surface area contributed by atoms with Crippen LogP contribution in [0.3, 0.4) is 0 Å². The number of rotatable bonds is 4. The van der Waals surface area contributed by atoms with Crippen molar-refractivity contribution in [1.82, 2.24) is 20.6 Å². The van der Waals surface area contributed by atoms with Crippen LogP contribution in [0.4, 0.5) is 4.79 Å². The number of alkyl carbamates (subject to hydrolysis) is 1. The molecule has 1 aliphatic rings. The van der Waals surface area contributed by atoms with E-state index in [0.29, 0.717) is 6.04 Å². The smallest absolute Gasteiger partial charge is 0.407 e. The summed E-state index contributed by atoms with van der Waals surface area (Å²) in [6.45, 7) is 6.40. The zero-order valence-corrected chi connectivity index (χ0v) is 13.1. The van der Waals surface area contributed by atoms with Gasteiger partial charge in [-0.3, -0.25) is 0 Å². The molecule has 6 nitrogen and oxygen atoms in total. The highest BCUT2D eigenvalue weighted by atomic mass is 16.6. The van der Waals surface area contributed by atoms with Crippen molar-refractivity contribution in [1.29, 1.82) is 0 Å². The number of carbonyl (C=O) groups is 1. The van der Waals surface area contributed by atoms with E-state index < -0.39 is 5.60 Å². The van der Waals surface area contributed by atoms with Crippen LogP contribution in [0.1, 0.15) is 52.3 Å². The molecule has 1 fully saturated rings. The highest BCUT2D eigenvalue weighted by Crippen LogP contribution is 2.19. The number of amides is 1. The van der Waals surface area contributed by atoms with E-state index in [1.54, 1.807) is 6.20 Å². The van der Waals surface area contributed by atoms with Crippen molar-refractivity contribution >= 4 is 6.09 Å². The summed E-state index contributed by atoms with van der Waals surface area (Å²) in [7, 11) is 0. The van der Waals surface area contributed by atoms with Crippen LogP contribution in [0.5, 0.6) is 0 Å². The highest BCUT2D eigenvalue weighted by molar-refractivity contribution is 5.68. The first kappa shape index (κ1) is 15.8. The minimum absolute atomic E-state index is 0.224. The molecule has 21 heavy (non-hydrogen) atoms. The van der Waals surface area contributed by atoms with Crippen LogP contribution in [-0.4, -0.2) is 33.7 Å². The Bertz CT molecular complexity index is 431. The van der Waals surface area contributed by atoms with E-state index in [-0.39, 0.29) is 12.1 Å². The van der Waals surface area contributed by atoms with Gasteiger partial charge in [0.1, 0.15) is 11.4 Å². The number of carbonyl (C=O) groups excluding carboxylic acids is 1. The Morgan fingerprint density at radius 3 is 2.57 bits per heavy atom. The Balaban J connectivity index is 1.65. The topological polar surface area (TPSA) is 79.0 Å². The molecule has 118 valence electrons. The molecule has 0 unspecified atom stereocenters. The molecule has 1 heterocycles. The van der Waals surface area contributed by atoms with E-state index in [2.05, 4.69) is 20.6 Å². The first-order valence-electron chi connectivity index (χ1n) is 7.63. The highest BCUT2D eigenvalue weighted by Gasteiger charge is 2.24. The number of aromatic nitrogens is 2. The summed E-state index contributed by atoms with van der Waals surface area (Å²) < 4.78 is 5.29. The maximum atomic E-state index is 11.7. The molecule has 0 atom stereocenters. The van der Waals surface area contributed by atoms with Gasteiger partial charge in [-0.25, -0.2) is 9.78 Å². The molecule has 1 amide bonds. The van der Waals surface area contributed by atoms with Crippen molar-refractivity contribution in [3.8, 4) is 0 Å². The third kappa shape index (κ3) is 5.75. The molecule has 0 aliphatic heterocycles. The van der Waals surface area contributed by atoms with Gasteiger partial charge in [-0.05, 0) is 46.5 Å². The van der Waals surface area contributed by atoms with E-state index in [9.17, 15) is 4.79 Å². The Labute approximate surface area is 126 Å². The van der Waals surface area contributed by atoms with Crippen molar-refractivity contribution in [3.63, 3.8) is 0 Å². The number of nitrogens with one attached hydrogen (secondary N) is 3. The van der Waals surface area contributed by atoms with Gasteiger partial charge in [0, 0.05) is 24.5 Å². The number of ether oxygens (including phenoxy) is 1. The zero-order valence-electron chi connectivity index (χ0n) is 13.1. The average Bonchev–Trinajstić information content (AvgIpc) is 2.89. The quantitative estimate of drug-likeness (QED) is 0.796. The fraction of sp³-hybridized carbons (Fsp3) is 0.733. The van der Waals surface area contributed by atoms with Gasteiger partial charge in [0.15, 0.2) is 0 Å². The predicted molar refractivity (Wildman–Crippen MR) is 80.8 cm³/mol. The fourth-order valence-corrected chi connectivity index (χ4v) is 2.55. The first-order valence-corrected chi connectivity index (χ1v) is 7.63. The predicted octanol–water partition coefficient (Wildman–Crippen LogP) is 2.34. The summed E-state index contributed by atoms with van der Waals surface area (Å²) in [6, 6.07) is 0.716. The van der Waals surface area contributed by atoms with E-state index in [4.69, 9.17) is 4.74 Å². The molecule has 1 saturated carbocycles. The largest absolute Gasteiger partial charge is 0.444 e. The van der Waals surface area contributed by atoms with E-state index >= 15 is 0 Å². The number of hydrogen-bond acceptors (Lipinski definition) is 4. The van der Waals surface area contributed by atoms with Crippen LogP contribution in [0.25, 0.3) is 0 Å². The maximum Gasteiger partial charge on any atom is 0.407 e. The number of H-pyrrole nitrogens is 1. The second-order valence-corrected chi connectivity index (χ2v) is 6.61. The van der Waals surface area contributed by atoms with Crippen LogP contribution in [0.15, 0.2) is 12.4 Å². The normalized spacial score (nSPS) is 22.8. The van der Waals surface area contributed by atoms with Crippen molar-refractivity contribution in [2.24, 2.45) is 0 Å². The monoisotopic (exact) mass is 294 g/mol. The molecule has 0 spiro atoms. The van der Waals surface area contributed by atoms with Crippen LogP contribution in [-0.2, 0) is 11.3 Å². The van der Waals surface area contributed by atoms with Gasteiger partial charge in [0.05, 0.1) is 6.54 Å². The molecule has 0 saturated heterocycles. The summed E-state index contributed by atoms with van der Waals surface area (Å²) in [4.78, 5) is 19.0. The molecule has 1 aliphatic carbocycles. The van der Waals surface area contributed by atoms with Crippen LogP contribution >= 0.6 is 0 Å². The third-order valence-corrected chi connectivity index (χ3v) is 3.56. The van der Waals surface area contributed by atoms with Gasteiger partial charge in [0.25, 0.3) is 0 Å². The Morgan fingerprint density at radius 2 is 2.00 bits per heavy atom. The fourth-order valence-electron chi connectivity index (χ4n) is 2.55. The lowest BCUT2D eigenvalue weighted by Gasteiger charge is -2.30. The lowest BCUT2D eigenvalue weighted by atomic mass is 9.91. The van der Waals surface area contributed by atoms with E-state index in [1.807, 2.05) is 27.0 Å². The average molecular weight is 294 g/mol. The minimum Gasteiger partial charge on any atom is -0.444 e. The Morgan fingerprint density at radius 1 is 1.33 bits per heavy atom. The summed E-state index contributed by atoms with van der Waals surface area (Å²) >= 11 is 0. The summed E-state index contributed by atoms with van der Waals surface area (Å²) in [5.41, 5.74) is -0.439. The number of hydrogen-bond donors (Lipinski definition) is 3. The SMILES string of the molecule is CC(C)(C)OC(=O)NC1CCC(NCc2ncc[nH]2)CC1.